The molecule has 21 heavy (non-hydrogen) atoms. The van der Waals surface area contributed by atoms with Crippen LogP contribution in [0.3, 0.4) is 0 Å². The van der Waals surface area contributed by atoms with Crippen molar-refractivity contribution in [3.05, 3.63) is 0 Å². The fourth-order valence-electron chi connectivity index (χ4n) is 3.57. The maximum Gasteiger partial charge on any atom is 0.234 e. The number of hydrogen-bond acceptors (Lipinski definition) is 5. The van der Waals surface area contributed by atoms with Gasteiger partial charge in [-0.1, -0.05) is 0 Å². The maximum atomic E-state index is 12.3. The number of morpholine rings is 1. The van der Waals surface area contributed by atoms with Crippen molar-refractivity contribution in [2.45, 2.75) is 37.5 Å². The third kappa shape index (κ3) is 3.94. The fourth-order valence-corrected chi connectivity index (χ4v) is 3.57. The summed E-state index contributed by atoms with van der Waals surface area (Å²) in [6.45, 7) is 5.63. The highest BCUT2D eigenvalue weighted by Crippen LogP contribution is 2.21. The first-order valence-corrected chi connectivity index (χ1v) is 8.13. The average Bonchev–Trinajstić information content (AvgIpc) is 2.50. The Labute approximate surface area is 126 Å². The molecule has 0 spiro atoms. The lowest BCUT2D eigenvalue weighted by molar-refractivity contribution is -0.144. The highest BCUT2D eigenvalue weighted by Gasteiger charge is 2.35. The van der Waals surface area contributed by atoms with Gasteiger partial charge >= 0.3 is 0 Å². The topological polar surface area (TPSA) is 54.0 Å². The Bertz CT molecular complexity index is 356. The molecular formula is C15H27N3O3. The van der Waals surface area contributed by atoms with Gasteiger partial charge in [-0.25, -0.2) is 0 Å². The molecule has 1 N–H and O–H groups in total. The van der Waals surface area contributed by atoms with Gasteiger partial charge in [0.15, 0.2) is 0 Å². The molecule has 0 aromatic rings. The first kappa shape index (κ1) is 15.2. The molecule has 3 rings (SSSR count). The van der Waals surface area contributed by atoms with E-state index in [1.807, 2.05) is 0 Å². The molecule has 0 aromatic carbocycles. The molecule has 3 heterocycles. The lowest BCUT2D eigenvalue weighted by atomic mass is 10.0. The van der Waals surface area contributed by atoms with E-state index in [1.165, 1.54) is 0 Å². The lowest BCUT2D eigenvalue weighted by Gasteiger charge is -2.43. The third-order valence-electron chi connectivity index (χ3n) is 4.88. The first-order chi connectivity index (χ1) is 10.2. The van der Waals surface area contributed by atoms with Crippen LogP contribution >= 0.6 is 0 Å². The molecule has 0 unspecified atom stereocenters. The van der Waals surface area contributed by atoms with Crippen LogP contribution < -0.4 is 5.32 Å². The minimum atomic E-state index is 0.142. The number of piperidine rings is 1. The second-order valence-corrected chi connectivity index (χ2v) is 6.46. The van der Waals surface area contributed by atoms with E-state index in [2.05, 4.69) is 22.2 Å². The third-order valence-corrected chi connectivity index (χ3v) is 4.88. The van der Waals surface area contributed by atoms with Crippen LogP contribution in [0.1, 0.15) is 19.3 Å². The minimum Gasteiger partial charge on any atom is -0.379 e. The summed E-state index contributed by atoms with van der Waals surface area (Å²) in [7, 11) is 2.14. The van der Waals surface area contributed by atoms with Gasteiger partial charge in [-0.15, -0.1) is 0 Å². The van der Waals surface area contributed by atoms with Crippen LogP contribution in [0.4, 0.5) is 0 Å². The van der Waals surface area contributed by atoms with Gasteiger partial charge < -0.3 is 19.7 Å². The zero-order chi connectivity index (χ0) is 14.7. The molecule has 3 saturated heterocycles. The predicted octanol–water partition coefficient (Wildman–Crippen LogP) is -0.313. The Morgan fingerprint density at radius 3 is 2.81 bits per heavy atom. The number of likely N-dealkylation sites (tertiary alicyclic amines) is 1. The Morgan fingerprint density at radius 2 is 2.00 bits per heavy atom. The molecule has 6 heteroatoms. The quantitative estimate of drug-likeness (QED) is 0.774. The molecule has 0 radical (unpaired) electrons. The molecular weight excluding hydrogens is 270 g/mol. The molecule has 6 nitrogen and oxygen atoms in total. The highest BCUT2D eigenvalue weighted by molar-refractivity contribution is 5.78. The summed E-state index contributed by atoms with van der Waals surface area (Å²) in [5.74, 6) is 0.164. The molecule has 0 saturated carbocycles. The van der Waals surface area contributed by atoms with Crippen LogP contribution in [0.5, 0.6) is 0 Å². The van der Waals surface area contributed by atoms with Crippen molar-refractivity contribution in [3.63, 3.8) is 0 Å². The van der Waals surface area contributed by atoms with Gasteiger partial charge in [0, 0.05) is 25.2 Å². The Hall–Kier alpha value is -0.690. The summed E-state index contributed by atoms with van der Waals surface area (Å²) >= 11 is 0. The van der Waals surface area contributed by atoms with Crippen molar-refractivity contribution in [2.75, 3.05) is 53.0 Å². The zero-order valence-corrected chi connectivity index (χ0v) is 12.9. The summed E-state index contributed by atoms with van der Waals surface area (Å²) in [5, 5.41) is 3.20. The number of nitrogens with zero attached hydrogens (tertiary/aromatic N) is 2. The van der Waals surface area contributed by atoms with Crippen molar-refractivity contribution >= 4 is 5.91 Å². The molecule has 120 valence electrons. The molecule has 3 aliphatic heterocycles. The number of amides is 1. The van der Waals surface area contributed by atoms with E-state index in [-0.39, 0.29) is 12.0 Å². The number of fused-ring (bicyclic) bond motifs is 1. The van der Waals surface area contributed by atoms with Crippen LogP contribution in [-0.2, 0) is 14.3 Å². The number of ether oxygens (including phenoxy) is 2. The molecule has 1 amide bonds. The molecule has 0 aromatic heterocycles. The van der Waals surface area contributed by atoms with E-state index in [1.54, 1.807) is 0 Å². The van der Waals surface area contributed by atoms with Crippen molar-refractivity contribution in [3.8, 4) is 0 Å². The van der Waals surface area contributed by atoms with E-state index in [0.29, 0.717) is 31.8 Å². The number of rotatable bonds is 3. The largest absolute Gasteiger partial charge is 0.379 e. The Kier molecular flexibility index (Phi) is 5.11. The van der Waals surface area contributed by atoms with Crippen molar-refractivity contribution in [1.82, 2.24) is 15.1 Å². The fraction of sp³-hybridized carbons (Fsp3) is 0.933. The number of hydrogen-bond donors (Lipinski definition) is 1. The standard InChI is InChI=1S/C15H27N3O3/c1-17-5-2-12(3-6-17)16-15(19)10-18-7-9-21-14-11-20-8-4-13(14)18/h12-14H,2-11H2,1H3,(H,16,19)/t13-,14+/m0/s1. The number of carbonyl (C=O) groups excluding carboxylic acids is 1. The van der Waals surface area contributed by atoms with E-state index >= 15 is 0 Å². The molecule has 2 atom stereocenters. The van der Waals surface area contributed by atoms with Crippen LogP contribution in [0.15, 0.2) is 0 Å². The zero-order valence-electron chi connectivity index (χ0n) is 12.9. The van der Waals surface area contributed by atoms with Gasteiger partial charge in [0.1, 0.15) is 0 Å². The SMILES string of the molecule is CN1CCC(NC(=O)CN2CCO[C@@H]3COCC[C@@H]32)CC1. The van der Waals surface area contributed by atoms with Crippen LogP contribution in [0, 0.1) is 0 Å². The van der Waals surface area contributed by atoms with E-state index in [9.17, 15) is 4.79 Å². The summed E-state index contributed by atoms with van der Waals surface area (Å²) in [6, 6.07) is 0.691. The van der Waals surface area contributed by atoms with Crippen molar-refractivity contribution in [2.24, 2.45) is 0 Å². The van der Waals surface area contributed by atoms with Gasteiger partial charge in [-0.2, -0.15) is 0 Å². The molecule has 0 bridgehead atoms. The Morgan fingerprint density at radius 1 is 1.19 bits per heavy atom. The summed E-state index contributed by atoms with van der Waals surface area (Å²) in [6.07, 6.45) is 3.23. The van der Waals surface area contributed by atoms with Crippen molar-refractivity contribution < 1.29 is 14.3 Å². The van der Waals surface area contributed by atoms with Gasteiger partial charge in [0.25, 0.3) is 0 Å². The van der Waals surface area contributed by atoms with E-state index in [0.717, 1.165) is 45.5 Å². The summed E-state index contributed by atoms with van der Waals surface area (Å²) in [4.78, 5) is 16.9. The molecule has 3 aliphatic rings. The second kappa shape index (κ2) is 7.05. The number of nitrogens with one attached hydrogen (secondary N) is 1. The second-order valence-electron chi connectivity index (χ2n) is 6.46. The summed E-state index contributed by atoms with van der Waals surface area (Å²) < 4.78 is 11.2. The van der Waals surface area contributed by atoms with Crippen LogP contribution in [0.25, 0.3) is 0 Å². The van der Waals surface area contributed by atoms with Gasteiger partial charge in [-0.3, -0.25) is 9.69 Å². The Balaban J connectivity index is 1.47. The van der Waals surface area contributed by atoms with Gasteiger partial charge in [0.05, 0.1) is 25.9 Å². The number of carbonyl (C=O) groups is 1. The van der Waals surface area contributed by atoms with Gasteiger partial charge in [-0.05, 0) is 39.4 Å². The average molecular weight is 297 g/mol. The monoisotopic (exact) mass is 297 g/mol. The van der Waals surface area contributed by atoms with E-state index in [4.69, 9.17) is 9.47 Å². The normalized spacial score (nSPS) is 32.6. The highest BCUT2D eigenvalue weighted by atomic mass is 16.5. The molecule has 3 fully saturated rings. The first-order valence-electron chi connectivity index (χ1n) is 8.13. The van der Waals surface area contributed by atoms with Crippen LogP contribution in [-0.4, -0.2) is 86.9 Å². The van der Waals surface area contributed by atoms with Crippen molar-refractivity contribution in [1.29, 1.82) is 0 Å². The minimum absolute atomic E-state index is 0.142. The maximum absolute atomic E-state index is 12.3. The van der Waals surface area contributed by atoms with Gasteiger partial charge in [0.2, 0.25) is 5.91 Å². The van der Waals surface area contributed by atoms with Crippen LogP contribution in [0.2, 0.25) is 0 Å². The smallest absolute Gasteiger partial charge is 0.234 e. The van der Waals surface area contributed by atoms with E-state index < -0.39 is 0 Å². The lowest BCUT2D eigenvalue weighted by Crippen LogP contribution is -2.58. The summed E-state index contributed by atoms with van der Waals surface area (Å²) in [5.41, 5.74) is 0. The molecule has 0 aliphatic carbocycles. The predicted molar refractivity (Wildman–Crippen MR) is 79.2 cm³/mol.